The third-order valence-electron chi connectivity index (χ3n) is 0.948. The van der Waals surface area contributed by atoms with Gasteiger partial charge in [-0.15, -0.1) is 6.42 Å². The van der Waals surface area contributed by atoms with E-state index in [-0.39, 0.29) is 0 Å². The van der Waals surface area contributed by atoms with Gasteiger partial charge in [0.15, 0.2) is 0 Å². The quantitative estimate of drug-likeness (QED) is 0.406. The van der Waals surface area contributed by atoms with Crippen molar-refractivity contribution in [2.24, 2.45) is 0 Å². The van der Waals surface area contributed by atoms with Crippen LogP contribution in [-0.2, 0) is 0 Å². The van der Waals surface area contributed by atoms with E-state index < -0.39 is 8.07 Å². The fourth-order valence-corrected chi connectivity index (χ4v) is 2.07. The van der Waals surface area contributed by atoms with E-state index in [1.165, 1.54) is 0 Å². The summed E-state index contributed by atoms with van der Waals surface area (Å²) in [4.78, 5) is 0. The molecule has 0 amide bonds. The van der Waals surface area contributed by atoms with Crippen LogP contribution < -0.4 is 0 Å². The molecule has 0 aliphatic heterocycles. The first-order valence-electron chi connectivity index (χ1n) is 3.10. The third kappa shape index (κ3) is 5.39. The lowest BCUT2D eigenvalue weighted by Gasteiger charge is -2.13. The summed E-state index contributed by atoms with van der Waals surface area (Å²) in [6.45, 7) is 10.6. The van der Waals surface area contributed by atoms with Crippen molar-refractivity contribution < 1.29 is 0 Å². The highest BCUT2D eigenvalue weighted by Crippen LogP contribution is 2.13. The predicted molar refractivity (Wildman–Crippen MR) is 46.1 cm³/mol. The van der Waals surface area contributed by atoms with Gasteiger partial charge in [-0.2, -0.15) is 0 Å². The highest BCUT2D eigenvalue weighted by Gasteiger charge is 2.12. The van der Waals surface area contributed by atoms with Gasteiger partial charge in [0.2, 0.25) is 0 Å². The summed E-state index contributed by atoms with van der Waals surface area (Å²) in [6, 6.07) is 1.06. The second kappa shape index (κ2) is 2.89. The van der Waals surface area contributed by atoms with E-state index >= 15 is 0 Å². The largest absolute Gasteiger partial charge is 0.115 e. The number of rotatable bonds is 2. The van der Waals surface area contributed by atoms with Crippen LogP contribution in [0.3, 0.4) is 0 Å². The van der Waals surface area contributed by atoms with Gasteiger partial charge in [0, 0.05) is 8.07 Å². The molecule has 0 radical (unpaired) electrons. The maximum atomic E-state index is 5.15. The Morgan fingerprint density at radius 1 is 1.56 bits per heavy atom. The molecular formula is C8H14Si. The molecule has 0 N–H and O–H groups in total. The zero-order valence-electron chi connectivity index (χ0n) is 6.49. The van der Waals surface area contributed by atoms with Crippen LogP contribution >= 0.6 is 0 Å². The van der Waals surface area contributed by atoms with Crippen LogP contribution in [0.25, 0.3) is 0 Å². The lowest BCUT2D eigenvalue weighted by atomic mass is 10.4. The maximum Gasteiger partial charge on any atom is 0.0494 e. The minimum Gasteiger partial charge on any atom is -0.115 e. The van der Waals surface area contributed by atoms with Crippen molar-refractivity contribution in [1.82, 2.24) is 0 Å². The van der Waals surface area contributed by atoms with Gasteiger partial charge < -0.3 is 0 Å². The molecule has 0 bridgehead atoms. The van der Waals surface area contributed by atoms with E-state index in [4.69, 9.17) is 6.42 Å². The minimum atomic E-state index is -0.983. The van der Waals surface area contributed by atoms with Gasteiger partial charge in [-0.25, -0.2) is 0 Å². The number of allylic oxidation sites excluding steroid dienone is 1. The van der Waals surface area contributed by atoms with Crippen LogP contribution in [0.4, 0.5) is 0 Å². The average Bonchev–Trinajstić information content (AvgIpc) is 1.62. The second-order valence-corrected chi connectivity index (χ2v) is 8.96. The molecule has 0 unspecified atom stereocenters. The number of terminal acetylenes is 1. The van der Waals surface area contributed by atoms with Crippen molar-refractivity contribution in [2.75, 3.05) is 0 Å². The van der Waals surface area contributed by atoms with Crippen LogP contribution in [0.1, 0.15) is 0 Å². The molecule has 0 aromatic rings. The minimum absolute atomic E-state index is 0.953. The summed E-state index contributed by atoms with van der Waals surface area (Å²) in [7, 11) is -0.983. The molecule has 0 saturated heterocycles. The normalized spacial score (nSPS) is 10.4. The first-order valence-corrected chi connectivity index (χ1v) is 6.81. The summed E-state index contributed by atoms with van der Waals surface area (Å²) in [5.41, 5.74) is 0.953. The maximum absolute atomic E-state index is 5.15. The topological polar surface area (TPSA) is 0 Å². The van der Waals surface area contributed by atoms with Gasteiger partial charge >= 0.3 is 0 Å². The van der Waals surface area contributed by atoms with Gasteiger partial charge in [0.1, 0.15) is 0 Å². The Bertz CT molecular complexity index is 143. The Morgan fingerprint density at radius 2 is 2.00 bits per heavy atom. The number of hydrogen-bond acceptors (Lipinski definition) is 0. The summed E-state index contributed by atoms with van der Waals surface area (Å²) >= 11 is 0. The molecule has 0 aliphatic carbocycles. The summed E-state index contributed by atoms with van der Waals surface area (Å²) < 4.78 is 0. The van der Waals surface area contributed by atoms with Crippen molar-refractivity contribution in [3.63, 3.8) is 0 Å². The molecule has 9 heavy (non-hydrogen) atoms. The fourth-order valence-electron chi connectivity index (χ4n) is 0.691. The Kier molecular flexibility index (Phi) is 2.73. The van der Waals surface area contributed by atoms with Crippen molar-refractivity contribution in [3.8, 4) is 12.3 Å². The van der Waals surface area contributed by atoms with Crippen molar-refractivity contribution in [1.29, 1.82) is 0 Å². The molecule has 0 atom stereocenters. The fraction of sp³-hybridized carbons (Fsp3) is 0.500. The smallest absolute Gasteiger partial charge is 0.0494 e. The van der Waals surface area contributed by atoms with Gasteiger partial charge in [0.25, 0.3) is 0 Å². The number of hydrogen-bond donors (Lipinski definition) is 0. The molecule has 0 aromatic heterocycles. The molecule has 0 aliphatic rings. The molecule has 0 saturated carbocycles. The molecule has 1 heteroatoms. The van der Waals surface area contributed by atoms with Crippen LogP contribution in [0.5, 0.6) is 0 Å². The first kappa shape index (κ1) is 8.52. The Balaban J connectivity index is 3.78. The lowest BCUT2D eigenvalue weighted by Crippen LogP contribution is -2.19. The molecule has 0 heterocycles. The summed E-state index contributed by atoms with van der Waals surface area (Å²) in [6.07, 6.45) is 5.15. The molecule has 0 spiro atoms. The molecule has 0 aromatic carbocycles. The lowest BCUT2D eigenvalue weighted by molar-refractivity contribution is 1.45. The van der Waals surface area contributed by atoms with Crippen molar-refractivity contribution in [3.05, 3.63) is 12.2 Å². The molecule has 0 nitrogen and oxygen atoms in total. The van der Waals surface area contributed by atoms with E-state index in [1.54, 1.807) is 0 Å². The first-order chi connectivity index (χ1) is 3.95. The molecular weight excluding hydrogens is 124 g/mol. The van der Waals surface area contributed by atoms with E-state index in [0.717, 1.165) is 11.6 Å². The monoisotopic (exact) mass is 138 g/mol. The van der Waals surface area contributed by atoms with Crippen molar-refractivity contribution >= 4 is 8.07 Å². The molecule has 0 rings (SSSR count). The second-order valence-electron chi connectivity index (χ2n) is 3.49. The van der Waals surface area contributed by atoms with Gasteiger partial charge in [-0.1, -0.05) is 32.1 Å². The summed E-state index contributed by atoms with van der Waals surface area (Å²) in [5.74, 6) is 2.56. The van der Waals surface area contributed by atoms with E-state index in [0.29, 0.717) is 0 Å². The van der Waals surface area contributed by atoms with Crippen LogP contribution in [0.2, 0.25) is 25.7 Å². The molecule has 50 valence electrons. The van der Waals surface area contributed by atoms with E-state index in [9.17, 15) is 0 Å². The standard InChI is InChI=1S/C8H14Si/c1-6-8(2)7-9(3,4)5/h1H,2,7H2,3-5H3. The molecule has 0 fully saturated rings. The highest BCUT2D eigenvalue weighted by atomic mass is 28.3. The zero-order chi connectivity index (χ0) is 7.49. The van der Waals surface area contributed by atoms with Crippen LogP contribution in [-0.4, -0.2) is 8.07 Å². The average molecular weight is 138 g/mol. The zero-order valence-corrected chi connectivity index (χ0v) is 7.49. The Labute approximate surface area is 59.0 Å². The third-order valence-corrected chi connectivity index (χ3v) is 2.44. The van der Waals surface area contributed by atoms with Gasteiger partial charge in [-0.05, 0) is 11.6 Å². The highest BCUT2D eigenvalue weighted by molar-refractivity contribution is 6.76. The van der Waals surface area contributed by atoms with Crippen molar-refractivity contribution in [2.45, 2.75) is 25.7 Å². The van der Waals surface area contributed by atoms with Crippen LogP contribution in [0, 0.1) is 12.3 Å². The SMILES string of the molecule is C#CC(=C)C[Si](C)(C)C. The Hall–Kier alpha value is -0.483. The Morgan fingerprint density at radius 3 is 2.11 bits per heavy atom. The predicted octanol–water partition coefficient (Wildman–Crippen LogP) is 2.51. The van der Waals surface area contributed by atoms with Gasteiger partial charge in [0.05, 0.1) is 0 Å². The van der Waals surface area contributed by atoms with E-state index in [2.05, 4.69) is 32.1 Å². The summed E-state index contributed by atoms with van der Waals surface area (Å²) in [5, 5.41) is 0. The van der Waals surface area contributed by atoms with E-state index in [1.807, 2.05) is 0 Å². The van der Waals surface area contributed by atoms with Crippen LogP contribution in [0.15, 0.2) is 12.2 Å². The van der Waals surface area contributed by atoms with Gasteiger partial charge in [-0.3, -0.25) is 0 Å².